The molecule has 1 atom stereocenters. The highest BCUT2D eigenvalue weighted by Crippen LogP contribution is 2.11. The maximum absolute atomic E-state index is 12.3. The number of aryl methyl sites for hydroxylation is 1. The quantitative estimate of drug-likeness (QED) is 0.775. The summed E-state index contributed by atoms with van der Waals surface area (Å²) in [5, 5.41) is 2.55. The fourth-order valence-electron chi connectivity index (χ4n) is 2.38. The van der Waals surface area contributed by atoms with Gasteiger partial charge in [-0.05, 0) is 31.5 Å². The Hall–Kier alpha value is -3.02. The summed E-state index contributed by atoms with van der Waals surface area (Å²) in [6.07, 6.45) is -0.621. The molecule has 0 saturated carbocycles. The van der Waals surface area contributed by atoms with Crippen LogP contribution in [0.25, 0.3) is 0 Å². The zero-order valence-corrected chi connectivity index (χ0v) is 16.0. The van der Waals surface area contributed by atoms with E-state index in [4.69, 9.17) is 9.47 Å². The van der Waals surface area contributed by atoms with Crippen molar-refractivity contribution < 1.29 is 19.1 Å². The van der Waals surface area contributed by atoms with Gasteiger partial charge in [-0.1, -0.05) is 48.0 Å². The van der Waals surface area contributed by atoms with Crippen molar-refractivity contribution in [2.24, 2.45) is 0 Å². The molecule has 2 amide bonds. The van der Waals surface area contributed by atoms with Crippen LogP contribution in [0.1, 0.15) is 18.1 Å². The second-order valence-corrected chi connectivity index (χ2v) is 6.35. The van der Waals surface area contributed by atoms with Crippen molar-refractivity contribution in [1.29, 1.82) is 0 Å². The van der Waals surface area contributed by atoms with Crippen LogP contribution in [-0.2, 0) is 16.1 Å². The Bertz CT molecular complexity index is 732. The number of carbonyl (C=O) groups excluding carboxylic acids is 2. The van der Waals surface area contributed by atoms with E-state index in [-0.39, 0.29) is 12.5 Å². The van der Waals surface area contributed by atoms with E-state index in [0.717, 1.165) is 16.9 Å². The van der Waals surface area contributed by atoms with Crippen LogP contribution < -0.4 is 10.1 Å². The molecule has 2 aromatic carbocycles. The molecule has 6 nitrogen and oxygen atoms in total. The lowest BCUT2D eigenvalue weighted by molar-refractivity contribution is -0.131. The van der Waals surface area contributed by atoms with E-state index in [0.29, 0.717) is 13.2 Å². The highest BCUT2D eigenvalue weighted by Gasteiger charge is 2.20. The minimum atomic E-state index is -0.683. The molecule has 0 heterocycles. The SMILES string of the molecule is Cc1ccc(OCCN(C)C(=O)[C@H](C)NC(=O)OCc2ccccc2)cc1. The Morgan fingerprint density at radius 2 is 1.74 bits per heavy atom. The lowest BCUT2D eigenvalue weighted by Gasteiger charge is -2.22. The largest absolute Gasteiger partial charge is 0.492 e. The first kappa shape index (κ1) is 20.3. The molecular weight excluding hydrogens is 344 g/mol. The number of nitrogens with zero attached hydrogens (tertiary/aromatic N) is 1. The number of amides is 2. The van der Waals surface area contributed by atoms with Crippen molar-refractivity contribution in [3.63, 3.8) is 0 Å². The third-order valence-electron chi connectivity index (χ3n) is 4.01. The van der Waals surface area contributed by atoms with Crippen LogP contribution >= 0.6 is 0 Å². The molecule has 0 aromatic heterocycles. The summed E-state index contributed by atoms with van der Waals surface area (Å²) in [5.41, 5.74) is 2.05. The van der Waals surface area contributed by atoms with Crippen molar-refractivity contribution in [3.8, 4) is 5.75 Å². The second-order valence-electron chi connectivity index (χ2n) is 6.35. The summed E-state index contributed by atoms with van der Waals surface area (Å²) < 4.78 is 10.8. The van der Waals surface area contributed by atoms with E-state index < -0.39 is 12.1 Å². The third-order valence-corrected chi connectivity index (χ3v) is 4.01. The van der Waals surface area contributed by atoms with Gasteiger partial charge in [0, 0.05) is 7.05 Å². The lowest BCUT2D eigenvalue weighted by atomic mass is 10.2. The number of benzene rings is 2. The number of ether oxygens (including phenoxy) is 2. The monoisotopic (exact) mass is 370 g/mol. The molecule has 0 radical (unpaired) electrons. The van der Waals surface area contributed by atoms with Crippen LogP contribution in [0.2, 0.25) is 0 Å². The molecule has 0 spiro atoms. The molecule has 0 unspecified atom stereocenters. The molecule has 0 bridgehead atoms. The van der Waals surface area contributed by atoms with Crippen molar-refractivity contribution in [3.05, 3.63) is 65.7 Å². The van der Waals surface area contributed by atoms with Gasteiger partial charge < -0.3 is 19.7 Å². The standard InChI is InChI=1S/C21H26N2O4/c1-16-9-11-19(12-10-16)26-14-13-23(3)20(24)17(2)22-21(25)27-15-18-7-5-4-6-8-18/h4-12,17H,13-15H2,1-3H3,(H,22,25)/t17-/m0/s1. The minimum Gasteiger partial charge on any atom is -0.492 e. The number of hydrogen-bond acceptors (Lipinski definition) is 4. The van der Waals surface area contributed by atoms with Gasteiger partial charge in [0.25, 0.3) is 0 Å². The molecule has 144 valence electrons. The van der Waals surface area contributed by atoms with Gasteiger partial charge in [-0.25, -0.2) is 4.79 Å². The van der Waals surface area contributed by atoms with Crippen molar-refractivity contribution in [1.82, 2.24) is 10.2 Å². The molecule has 27 heavy (non-hydrogen) atoms. The zero-order chi connectivity index (χ0) is 19.6. The van der Waals surface area contributed by atoms with Gasteiger partial charge in [0.1, 0.15) is 25.0 Å². The first-order valence-corrected chi connectivity index (χ1v) is 8.87. The molecule has 6 heteroatoms. The predicted molar refractivity (Wildman–Crippen MR) is 104 cm³/mol. The average Bonchev–Trinajstić information content (AvgIpc) is 2.68. The number of nitrogens with one attached hydrogen (secondary N) is 1. The van der Waals surface area contributed by atoms with Crippen LogP contribution in [0.3, 0.4) is 0 Å². The van der Waals surface area contributed by atoms with Gasteiger partial charge >= 0.3 is 6.09 Å². The number of hydrogen-bond donors (Lipinski definition) is 1. The normalized spacial score (nSPS) is 11.4. The van der Waals surface area contributed by atoms with Crippen LogP contribution in [0.15, 0.2) is 54.6 Å². The molecule has 0 saturated heterocycles. The van der Waals surface area contributed by atoms with Crippen LogP contribution in [-0.4, -0.2) is 43.1 Å². The van der Waals surface area contributed by atoms with Gasteiger partial charge in [-0.2, -0.15) is 0 Å². The highest BCUT2D eigenvalue weighted by molar-refractivity contribution is 5.85. The topological polar surface area (TPSA) is 67.9 Å². The van der Waals surface area contributed by atoms with E-state index in [1.165, 1.54) is 4.90 Å². The molecule has 0 aliphatic carbocycles. The molecule has 2 rings (SSSR count). The molecule has 1 N–H and O–H groups in total. The van der Waals surface area contributed by atoms with Crippen molar-refractivity contribution >= 4 is 12.0 Å². The molecule has 0 fully saturated rings. The van der Waals surface area contributed by atoms with Gasteiger partial charge in [-0.15, -0.1) is 0 Å². The van der Waals surface area contributed by atoms with E-state index in [2.05, 4.69) is 5.32 Å². The van der Waals surface area contributed by atoms with E-state index in [9.17, 15) is 9.59 Å². The fourth-order valence-corrected chi connectivity index (χ4v) is 2.38. The van der Waals surface area contributed by atoms with Crippen LogP contribution in [0.4, 0.5) is 4.79 Å². The third kappa shape index (κ3) is 7.01. The molecule has 0 aliphatic rings. The van der Waals surface area contributed by atoms with Crippen LogP contribution in [0, 0.1) is 6.92 Å². The first-order chi connectivity index (χ1) is 13.0. The highest BCUT2D eigenvalue weighted by atomic mass is 16.5. The molecular formula is C21H26N2O4. The van der Waals surface area contributed by atoms with E-state index in [1.54, 1.807) is 14.0 Å². The maximum Gasteiger partial charge on any atom is 0.408 e. The summed E-state index contributed by atoms with van der Waals surface area (Å²) in [6, 6.07) is 16.4. The maximum atomic E-state index is 12.3. The van der Waals surface area contributed by atoms with Gasteiger partial charge in [0.05, 0.1) is 6.54 Å². The van der Waals surface area contributed by atoms with E-state index >= 15 is 0 Å². The minimum absolute atomic E-state index is 0.161. The lowest BCUT2D eigenvalue weighted by Crippen LogP contribution is -2.46. The molecule has 0 aliphatic heterocycles. The van der Waals surface area contributed by atoms with Crippen molar-refractivity contribution in [2.75, 3.05) is 20.2 Å². The Balaban J connectivity index is 1.69. The van der Waals surface area contributed by atoms with Gasteiger partial charge in [0.15, 0.2) is 0 Å². The summed E-state index contributed by atoms with van der Waals surface area (Å²) in [6.45, 7) is 4.58. The van der Waals surface area contributed by atoms with E-state index in [1.807, 2.05) is 61.5 Å². The Morgan fingerprint density at radius 3 is 2.41 bits per heavy atom. The summed E-state index contributed by atoms with van der Waals surface area (Å²) in [7, 11) is 1.67. The number of rotatable bonds is 8. The zero-order valence-electron chi connectivity index (χ0n) is 16.0. The van der Waals surface area contributed by atoms with Crippen LogP contribution in [0.5, 0.6) is 5.75 Å². The Labute approximate surface area is 160 Å². The average molecular weight is 370 g/mol. The summed E-state index contributed by atoms with van der Waals surface area (Å²) in [5.74, 6) is 0.552. The fraction of sp³-hybridized carbons (Fsp3) is 0.333. The second kappa shape index (κ2) is 10.2. The molecule has 2 aromatic rings. The Morgan fingerprint density at radius 1 is 1.07 bits per heavy atom. The van der Waals surface area contributed by atoms with Gasteiger partial charge in [-0.3, -0.25) is 4.79 Å². The van der Waals surface area contributed by atoms with Crippen molar-refractivity contribution in [2.45, 2.75) is 26.5 Å². The number of alkyl carbamates (subject to hydrolysis) is 1. The summed E-state index contributed by atoms with van der Waals surface area (Å²) in [4.78, 5) is 25.7. The smallest absolute Gasteiger partial charge is 0.408 e. The van der Waals surface area contributed by atoms with Gasteiger partial charge in [0.2, 0.25) is 5.91 Å². The first-order valence-electron chi connectivity index (χ1n) is 8.87. The Kier molecular flexibility index (Phi) is 7.67. The summed E-state index contributed by atoms with van der Waals surface area (Å²) >= 11 is 0. The predicted octanol–water partition coefficient (Wildman–Crippen LogP) is 3.15. The number of likely N-dealkylation sites (N-methyl/N-ethyl adjacent to an activating group) is 1. The number of carbonyl (C=O) groups is 2.